The Labute approximate surface area is 157 Å². The van der Waals surface area contributed by atoms with Gasteiger partial charge in [0.15, 0.2) is 0 Å². The second kappa shape index (κ2) is 7.36. The van der Waals surface area contributed by atoms with Crippen LogP contribution in [0.5, 0.6) is 17.2 Å². The molecule has 0 saturated heterocycles. The maximum absolute atomic E-state index is 12.9. The Kier molecular flexibility index (Phi) is 5.13. The van der Waals surface area contributed by atoms with Gasteiger partial charge in [-0.2, -0.15) is 0 Å². The van der Waals surface area contributed by atoms with E-state index in [1.165, 1.54) is 33.3 Å². The van der Waals surface area contributed by atoms with Gasteiger partial charge in [-0.15, -0.1) is 0 Å². The zero-order chi connectivity index (χ0) is 19.6. The van der Waals surface area contributed by atoms with Crippen LogP contribution < -0.4 is 23.8 Å². The van der Waals surface area contributed by atoms with Crippen LogP contribution in [-0.2, 0) is 14.8 Å². The topological polar surface area (TPSA) is 94.2 Å². The Morgan fingerprint density at radius 1 is 1.15 bits per heavy atom. The summed E-state index contributed by atoms with van der Waals surface area (Å²) >= 11 is 0. The molecule has 0 atom stereocenters. The molecule has 27 heavy (non-hydrogen) atoms. The van der Waals surface area contributed by atoms with E-state index in [2.05, 4.69) is 4.72 Å². The van der Waals surface area contributed by atoms with Crippen LogP contribution in [-0.4, -0.2) is 41.7 Å². The second-order valence-corrected chi connectivity index (χ2v) is 7.47. The fourth-order valence-electron chi connectivity index (χ4n) is 2.81. The van der Waals surface area contributed by atoms with Crippen molar-refractivity contribution in [3.05, 3.63) is 36.4 Å². The fraction of sp³-hybridized carbons (Fsp3) is 0.278. The first kappa shape index (κ1) is 18.8. The number of benzene rings is 2. The SMILES string of the molecule is COc1ccc(OC)c(S(=O)(=O)Nc2ccc3c(c2)N(C(C)=O)CCO3)c1. The average molecular weight is 392 g/mol. The third kappa shape index (κ3) is 3.77. The third-order valence-electron chi connectivity index (χ3n) is 4.11. The van der Waals surface area contributed by atoms with Gasteiger partial charge in [-0.3, -0.25) is 9.52 Å². The van der Waals surface area contributed by atoms with Crippen molar-refractivity contribution in [3.63, 3.8) is 0 Å². The highest BCUT2D eigenvalue weighted by atomic mass is 32.2. The summed E-state index contributed by atoms with van der Waals surface area (Å²) in [4.78, 5) is 13.3. The maximum atomic E-state index is 12.9. The molecule has 1 aliphatic heterocycles. The monoisotopic (exact) mass is 392 g/mol. The third-order valence-corrected chi connectivity index (χ3v) is 5.52. The molecular formula is C18H20N2O6S. The zero-order valence-corrected chi connectivity index (χ0v) is 16.0. The highest BCUT2D eigenvalue weighted by molar-refractivity contribution is 7.92. The largest absolute Gasteiger partial charge is 0.497 e. The number of carbonyl (C=O) groups excluding carboxylic acids is 1. The zero-order valence-electron chi connectivity index (χ0n) is 15.2. The number of anilines is 2. The summed E-state index contributed by atoms with van der Waals surface area (Å²) in [6.07, 6.45) is 0. The Morgan fingerprint density at radius 3 is 2.59 bits per heavy atom. The lowest BCUT2D eigenvalue weighted by atomic mass is 10.2. The van der Waals surface area contributed by atoms with Gasteiger partial charge in [-0.25, -0.2) is 8.42 Å². The number of amides is 1. The average Bonchev–Trinajstić information content (AvgIpc) is 2.66. The first-order chi connectivity index (χ1) is 12.9. The van der Waals surface area contributed by atoms with Crippen molar-refractivity contribution < 1.29 is 27.4 Å². The van der Waals surface area contributed by atoms with Crippen molar-refractivity contribution in [2.45, 2.75) is 11.8 Å². The number of methoxy groups -OCH3 is 2. The van der Waals surface area contributed by atoms with Gasteiger partial charge in [-0.05, 0) is 30.3 Å². The molecule has 0 aromatic heterocycles. The van der Waals surface area contributed by atoms with Crippen molar-refractivity contribution in [3.8, 4) is 17.2 Å². The Bertz CT molecular complexity index is 974. The van der Waals surface area contributed by atoms with Crippen LogP contribution >= 0.6 is 0 Å². The summed E-state index contributed by atoms with van der Waals surface area (Å²) in [5.41, 5.74) is 0.821. The molecule has 1 amide bonds. The number of rotatable bonds is 5. The first-order valence-electron chi connectivity index (χ1n) is 8.15. The summed E-state index contributed by atoms with van der Waals surface area (Å²) < 4.78 is 44.1. The van der Waals surface area contributed by atoms with Crippen LogP contribution in [0.1, 0.15) is 6.92 Å². The molecule has 2 aromatic rings. The Morgan fingerprint density at radius 2 is 1.93 bits per heavy atom. The number of carbonyl (C=O) groups is 1. The van der Waals surface area contributed by atoms with Crippen molar-refractivity contribution in [2.24, 2.45) is 0 Å². The molecule has 1 N–H and O–H groups in total. The molecule has 144 valence electrons. The Hall–Kier alpha value is -2.94. The van der Waals surface area contributed by atoms with Crippen molar-refractivity contribution in [1.82, 2.24) is 0 Å². The van der Waals surface area contributed by atoms with E-state index in [0.717, 1.165) is 0 Å². The van der Waals surface area contributed by atoms with Gasteiger partial charge < -0.3 is 19.1 Å². The van der Waals surface area contributed by atoms with E-state index in [1.54, 1.807) is 29.2 Å². The molecule has 0 spiro atoms. The lowest BCUT2D eigenvalue weighted by molar-refractivity contribution is -0.116. The highest BCUT2D eigenvalue weighted by Crippen LogP contribution is 2.36. The molecule has 1 heterocycles. The number of hydrogen-bond acceptors (Lipinski definition) is 6. The molecule has 0 unspecified atom stereocenters. The van der Waals surface area contributed by atoms with Crippen molar-refractivity contribution in [1.29, 1.82) is 0 Å². The number of hydrogen-bond donors (Lipinski definition) is 1. The highest BCUT2D eigenvalue weighted by Gasteiger charge is 2.24. The maximum Gasteiger partial charge on any atom is 0.265 e. The summed E-state index contributed by atoms with van der Waals surface area (Å²) in [7, 11) is -1.11. The van der Waals surface area contributed by atoms with Gasteiger partial charge in [0.1, 0.15) is 28.8 Å². The van der Waals surface area contributed by atoms with Crippen LogP contribution in [0.4, 0.5) is 11.4 Å². The van der Waals surface area contributed by atoms with Crippen LogP contribution in [0.2, 0.25) is 0 Å². The van der Waals surface area contributed by atoms with E-state index >= 15 is 0 Å². The van der Waals surface area contributed by atoms with E-state index < -0.39 is 10.0 Å². The van der Waals surface area contributed by atoms with Crippen LogP contribution in [0.25, 0.3) is 0 Å². The summed E-state index contributed by atoms with van der Waals surface area (Å²) in [6.45, 7) is 2.24. The summed E-state index contributed by atoms with van der Waals surface area (Å²) in [5.74, 6) is 0.958. The molecule has 9 heteroatoms. The van der Waals surface area contributed by atoms with Crippen molar-refractivity contribution >= 4 is 27.3 Å². The number of nitrogens with one attached hydrogen (secondary N) is 1. The number of nitrogens with zero attached hydrogens (tertiary/aromatic N) is 1. The summed E-state index contributed by atoms with van der Waals surface area (Å²) in [6, 6.07) is 9.28. The quantitative estimate of drug-likeness (QED) is 0.839. The molecule has 0 aliphatic carbocycles. The minimum atomic E-state index is -3.95. The lowest BCUT2D eigenvalue weighted by Gasteiger charge is -2.29. The van der Waals surface area contributed by atoms with Gasteiger partial charge >= 0.3 is 0 Å². The number of ether oxygens (including phenoxy) is 3. The predicted molar refractivity (Wildman–Crippen MR) is 100 cm³/mol. The normalized spacial score (nSPS) is 13.4. The molecule has 0 saturated carbocycles. The molecular weight excluding hydrogens is 372 g/mol. The van der Waals surface area contributed by atoms with Crippen LogP contribution in [0, 0.1) is 0 Å². The molecule has 0 radical (unpaired) electrons. The minimum Gasteiger partial charge on any atom is -0.497 e. The minimum absolute atomic E-state index is 0.0539. The molecule has 3 rings (SSSR count). The summed E-state index contributed by atoms with van der Waals surface area (Å²) in [5, 5.41) is 0. The number of fused-ring (bicyclic) bond motifs is 1. The molecule has 0 fully saturated rings. The van der Waals surface area contributed by atoms with E-state index in [1.807, 2.05) is 0 Å². The van der Waals surface area contributed by atoms with E-state index in [9.17, 15) is 13.2 Å². The van der Waals surface area contributed by atoms with E-state index in [0.29, 0.717) is 36.0 Å². The van der Waals surface area contributed by atoms with Gasteiger partial charge in [0, 0.05) is 13.0 Å². The smallest absolute Gasteiger partial charge is 0.265 e. The standard InChI is InChI=1S/C18H20N2O6S/c1-12(21)20-8-9-26-16-6-4-13(10-15(16)20)19-27(22,23)18-11-14(24-2)5-7-17(18)25-3/h4-7,10-11,19H,8-9H2,1-3H3. The van der Waals surface area contributed by atoms with Gasteiger partial charge in [0.25, 0.3) is 10.0 Å². The van der Waals surface area contributed by atoms with Gasteiger partial charge in [0.2, 0.25) is 5.91 Å². The molecule has 1 aliphatic rings. The van der Waals surface area contributed by atoms with Gasteiger partial charge in [0.05, 0.1) is 32.1 Å². The molecule has 8 nitrogen and oxygen atoms in total. The van der Waals surface area contributed by atoms with Crippen LogP contribution in [0.15, 0.2) is 41.3 Å². The van der Waals surface area contributed by atoms with E-state index in [-0.39, 0.29) is 16.6 Å². The Balaban J connectivity index is 1.98. The fourth-order valence-corrected chi connectivity index (χ4v) is 4.05. The van der Waals surface area contributed by atoms with E-state index in [4.69, 9.17) is 14.2 Å². The predicted octanol–water partition coefficient (Wildman–Crippen LogP) is 2.25. The van der Waals surface area contributed by atoms with Gasteiger partial charge in [-0.1, -0.05) is 0 Å². The second-order valence-electron chi connectivity index (χ2n) is 5.82. The molecule has 0 bridgehead atoms. The lowest BCUT2D eigenvalue weighted by Crippen LogP contribution is -2.36. The molecule has 2 aromatic carbocycles. The first-order valence-corrected chi connectivity index (χ1v) is 9.64. The van der Waals surface area contributed by atoms with Crippen molar-refractivity contribution in [2.75, 3.05) is 37.0 Å². The van der Waals surface area contributed by atoms with Crippen LogP contribution in [0.3, 0.4) is 0 Å². The number of sulfonamides is 1.